The van der Waals surface area contributed by atoms with E-state index in [0.717, 1.165) is 12.5 Å². The molecule has 1 aromatic rings. The molecular formula is C16H28N2S. The minimum Gasteiger partial charge on any atom is -0.306 e. The third-order valence-electron chi connectivity index (χ3n) is 4.19. The van der Waals surface area contributed by atoms with Crippen LogP contribution >= 0.6 is 11.3 Å². The molecule has 1 aromatic heterocycles. The quantitative estimate of drug-likeness (QED) is 0.884. The number of rotatable bonds is 3. The highest BCUT2D eigenvalue weighted by atomic mass is 32.1. The van der Waals surface area contributed by atoms with Gasteiger partial charge in [0.25, 0.3) is 0 Å². The Kier molecular flexibility index (Phi) is 4.36. The van der Waals surface area contributed by atoms with Crippen LogP contribution in [-0.2, 0) is 11.0 Å². The van der Waals surface area contributed by atoms with Crippen LogP contribution < -0.4 is 5.32 Å². The number of thiazole rings is 1. The van der Waals surface area contributed by atoms with Crippen LogP contribution in [0.2, 0.25) is 0 Å². The molecule has 1 aliphatic carbocycles. The van der Waals surface area contributed by atoms with Crippen LogP contribution in [0, 0.1) is 5.92 Å². The number of nitrogens with one attached hydrogen (secondary N) is 1. The molecule has 108 valence electrons. The number of aromatic nitrogens is 1. The SMILES string of the molecule is CCNC1(c2nc(C(C)(C)C)cs2)CCCC(C)C1. The van der Waals surface area contributed by atoms with Gasteiger partial charge in [-0.25, -0.2) is 4.98 Å². The second-order valence-electron chi connectivity index (χ2n) is 7.10. The predicted molar refractivity (Wildman–Crippen MR) is 83.8 cm³/mol. The highest BCUT2D eigenvalue weighted by Gasteiger charge is 2.38. The summed E-state index contributed by atoms with van der Waals surface area (Å²) in [5, 5.41) is 7.33. The molecule has 1 heterocycles. The monoisotopic (exact) mass is 280 g/mol. The molecule has 2 nitrogen and oxygen atoms in total. The van der Waals surface area contributed by atoms with Crippen molar-refractivity contribution < 1.29 is 0 Å². The lowest BCUT2D eigenvalue weighted by Crippen LogP contribution is -2.45. The van der Waals surface area contributed by atoms with E-state index in [-0.39, 0.29) is 11.0 Å². The van der Waals surface area contributed by atoms with Gasteiger partial charge in [-0.2, -0.15) is 0 Å². The zero-order valence-electron chi connectivity index (χ0n) is 13.0. The van der Waals surface area contributed by atoms with Gasteiger partial charge in [0, 0.05) is 10.8 Å². The molecule has 2 unspecified atom stereocenters. The van der Waals surface area contributed by atoms with E-state index >= 15 is 0 Å². The molecule has 2 rings (SSSR count). The fourth-order valence-electron chi connectivity index (χ4n) is 3.16. The van der Waals surface area contributed by atoms with Gasteiger partial charge in [-0.3, -0.25) is 0 Å². The van der Waals surface area contributed by atoms with Crippen LogP contribution in [0.3, 0.4) is 0 Å². The third kappa shape index (κ3) is 3.19. The van der Waals surface area contributed by atoms with Crippen molar-refractivity contribution in [2.24, 2.45) is 5.92 Å². The first kappa shape index (κ1) is 15.0. The predicted octanol–water partition coefficient (Wildman–Crippen LogP) is 4.46. The van der Waals surface area contributed by atoms with Gasteiger partial charge >= 0.3 is 0 Å². The van der Waals surface area contributed by atoms with Gasteiger partial charge in [0.15, 0.2) is 0 Å². The van der Waals surface area contributed by atoms with Gasteiger partial charge in [-0.15, -0.1) is 11.3 Å². The van der Waals surface area contributed by atoms with E-state index in [1.165, 1.54) is 36.4 Å². The maximum Gasteiger partial charge on any atom is 0.113 e. The Bertz CT molecular complexity index is 415. The number of nitrogens with zero attached hydrogens (tertiary/aromatic N) is 1. The Morgan fingerprint density at radius 1 is 1.47 bits per heavy atom. The van der Waals surface area contributed by atoms with Crippen molar-refractivity contribution in [3.8, 4) is 0 Å². The van der Waals surface area contributed by atoms with E-state index < -0.39 is 0 Å². The van der Waals surface area contributed by atoms with Crippen molar-refractivity contribution in [3.63, 3.8) is 0 Å². The van der Waals surface area contributed by atoms with Gasteiger partial charge in [0.05, 0.1) is 11.2 Å². The standard InChI is InChI=1S/C16H28N2S/c1-6-17-16(9-7-8-12(2)10-16)14-18-13(11-19-14)15(3,4)5/h11-12,17H,6-10H2,1-5H3. The summed E-state index contributed by atoms with van der Waals surface area (Å²) in [6, 6.07) is 0. The molecule has 19 heavy (non-hydrogen) atoms. The second kappa shape index (κ2) is 5.53. The highest BCUT2D eigenvalue weighted by molar-refractivity contribution is 7.09. The topological polar surface area (TPSA) is 24.9 Å². The molecule has 0 amide bonds. The van der Waals surface area contributed by atoms with Crippen molar-refractivity contribution in [3.05, 3.63) is 16.1 Å². The molecule has 1 fully saturated rings. The summed E-state index contributed by atoms with van der Waals surface area (Å²) < 4.78 is 0. The van der Waals surface area contributed by atoms with E-state index in [1.54, 1.807) is 0 Å². The van der Waals surface area contributed by atoms with Crippen molar-refractivity contribution in [2.45, 2.75) is 71.3 Å². The number of hydrogen-bond acceptors (Lipinski definition) is 3. The van der Waals surface area contributed by atoms with Crippen LogP contribution in [0.25, 0.3) is 0 Å². The Labute approximate surface area is 122 Å². The molecule has 2 atom stereocenters. The summed E-state index contributed by atoms with van der Waals surface area (Å²) in [6.07, 6.45) is 5.16. The largest absolute Gasteiger partial charge is 0.306 e. The second-order valence-corrected chi connectivity index (χ2v) is 7.96. The van der Waals surface area contributed by atoms with Crippen LogP contribution in [0.15, 0.2) is 5.38 Å². The summed E-state index contributed by atoms with van der Waals surface area (Å²) >= 11 is 1.85. The lowest BCUT2D eigenvalue weighted by atomic mass is 9.76. The highest BCUT2D eigenvalue weighted by Crippen LogP contribution is 2.41. The Morgan fingerprint density at radius 2 is 2.21 bits per heavy atom. The molecule has 0 bridgehead atoms. The first-order valence-corrected chi connectivity index (χ1v) is 8.47. The van der Waals surface area contributed by atoms with E-state index in [2.05, 4.69) is 45.3 Å². The van der Waals surface area contributed by atoms with Gasteiger partial charge in [0.2, 0.25) is 0 Å². The summed E-state index contributed by atoms with van der Waals surface area (Å²) in [6.45, 7) is 12.3. The summed E-state index contributed by atoms with van der Waals surface area (Å²) in [7, 11) is 0. The van der Waals surface area contributed by atoms with Crippen LogP contribution in [0.5, 0.6) is 0 Å². The molecule has 0 spiro atoms. The molecule has 0 aliphatic heterocycles. The van der Waals surface area contributed by atoms with Gasteiger partial charge < -0.3 is 5.32 Å². The average molecular weight is 280 g/mol. The Balaban J connectivity index is 2.31. The summed E-state index contributed by atoms with van der Waals surface area (Å²) in [5.41, 5.74) is 1.53. The van der Waals surface area contributed by atoms with Gasteiger partial charge in [-0.1, -0.05) is 47.5 Å². The fraction of sp³-hybridized carbons (Fsp3) is 0.812. The third-order valence-corrected chi connectivity index (χ3v) is 5.24. The minimum absolute atomic E-state index is 0.139. The normalized spacial score (nSPS) is 28.6. The van der Waals surface area contributed by atoms with Crippen molar-refractivity contribution >= 4 is 11.3 Å². The maximum absolute atomic E-state index is 4.99. The molecule has 0 radical (unpaired) electrons. The molecular weight excluding hydrogens is 252 g/mol. The molecule has 3 heteroatoms. The van der Waals surface area contributed by atoms with Crippen LogP contribution in [-0.4, -0.2) is 11.5 Å². The van der Waals surface area contributed by atoms with E-state index in [4.69, 9.17) is 4.98 Å². The Morgan fingerprint density at radius 3 is 2.74 bits per heavy atom. The minimum atomic E-state index is 0.139. The van der Waals surface area contributed by atoms with Crippen molar-refractivity contribution in [2.75, 3.05) is 6.54 Å². The van der Waals surface area contributed by atoms with Crippen LogP contribution in [0.4, 0.5) is 0 Å². The molecule has 1 aliphatic rings. The maximum atomic E-state index is 4.99. The fourth-order valence-corrected chi connectivity index (χ4v) is 4.42. The van der Waals surface area contributed by atoms with Gasteiger partial charge in [0.1, 0.15) is 5.01 Å². The molecule has 1 saturated carbocycles. The molecule has 0 saturated heterocycles. The smallest absolute Gasteiger partial charge is 0.113 e. The summed E-state index contributed by atoms with van der Waals surface area (Å²) in [4.78, 5) is 4.99. The lowest BCUT2D eigenvalue weighted by Gasteiger charge is -2.39. The van der Waals surface area contributed by atoms with E-state index in [0.29, 0.717) is 0 Å². The van der Waals surface area contributed by atoms with Crippen molar-refractivity contribution in [1.29, 1.82) is 0 Å². The van der Waals surface area contributed by atoms with E-state index in [1.807, 2.05) is 11.3 Å². The van der Waals surface area contributed by atoms with Crippen LogP contribution in [0.1, 0.15) is 71.0 Å². The van der Waals surface area contributed by atoms with E-state index in [9.17, 15) is 0 Å². The van der Waals surface area contributed by atoms with Gasteiger partial charge in [-0.05, 0) is 25.3 Å². The molecule has 0 aromatic carbocycles. The Hall–Kier alpha value is -0.410. The lowest BCUT2D eigenvalue weighted by molar-refractivity contribution is 0.190. The molecule has 1 N–H and O–H groups in total. The first-order chi connectivity index (χ1) is 8.87. The number of hydrogen-bond donors (Lipinski definition) is 1. The zero-order chi connectivity index (χ0) is 14.1. The average Bonchev–Trinajstić information content (AvgIpc) is 2.78. The zero-order valence-corrected chi connectivity index (χ0v) is 13.9. The first-order valence-electron chi connectivity index (χ1n) is 7.59. The van der Waals surface area contributed by atoms with Crippen molar-refractivity contribution in [1.82, 2.24) is 10.3 Å². The summed E-state index contributed by atoms with van der Waals surface area (Å²) in [5.74, 6) is 0.801.